The van der Waals surface area contributed by atoms with E-state index >= 15 is 0 Å². The zero-order chi connectivity index (χ0) is 15.9. The van der Waals surface area contributed by atoms with Gasteiger partial charge in [-0.2, -0.15) is 0 Å². The van der Waals surface area contributed by atoms with E-state index in [0.29, 0.717) is 17.9 Å². The Morgan fingerprint density at radius 2 is 2.32 bits per heavy atom. The number of rotatable bonds is 6. The Morgan fingerprint density at radius 3 is 2.95 bits per heavy atom. The molecule has 6 nitrogen and oxygen atoms in total. The average Bonchev–Trinajstić information content (AvgIpc) is 2.97. The van der Waals surface area contributed by atoms with Crippen LogP contribution >= 0.6 is 0 Å². The Kier molecular flexibility index (Phi) is 5.55. The third kappa shape index (κ3) is 4.89. The van der Waals surface area contributed by atoms with Crippen molar-refractivity contribution in [2.45, 2.75) is 25.9 Å². The van der Waals surface area contributed by atoms with Gasteiger partial charge in [-0.15, -0.1) is 0 Å². The van der Waals surface area contributed by atoms with Gasteiger partial charge in [0.25, 0.3) is 0 Å². The van der Waals surface area contributed by atoms with Crippen molar-refractivity contribution in [1.29, 1.82) is 0 Å². The molecule has 1 fully saturated rings. The van der Waals surface area contributed by atoms with Crippen molar-refractivity contribution in [2.75, 3.05) is 13.2 Å². The molecular weight excluding hydrogens is 286 g/mol. The number of carboxylic acids is 1. The van der Waals surface area contributed by atoms with Crippen LogP contribution in [0.15, 0.2) is 30.0 Å². The largest absolute Gasteiger partial charge is 0.491 e. The maximum Gasteiger partial charge on any atom is 0.352 e. The van der Waals surface area contributed by atoms with Crippen LogP contribution in [0.3, 0.4) is 0 Å². The van der Waals surface area contributed by atoms with Gasteiger partial charge in [0.05, 0.1) is 6.10 Å². The van der Waals surface area contributed by atoms with Crippen LogP contribution in [0.25, 0.3) is 6.08 Å². The van der Waals surface area contributed by atoms with Crippen molar-refractivity contribution in [3.8, 4) is 5.75 Å². The molecule has 0 bridgehead atoms. The zero-order valence-corrected chi connectivity index (χ0v) is 12.4. The van der Waals surface area contributed by atoms with Gasteiger partial charge in [0.15, 0.2) is 0 Å². The highest BCUT2D eigenvalue weighted by Crippen LogP contribution is 2.18. The summed E-state index contributed by atoms with van der Waals surface area (Å²) >= 11 is 0. The topological polar surface area (TPSA) is 84.9 Å². The van der Waals surface area contributed by atoms with Crippen molar-refractivity contribution < 1.29 is 24.2 Å². The smallest absolute Gasteiger partial charge is 0.352 e. The fourth-order valence-electron chi connectivity index (χ4n) is 2.17. The predicted octanol–water partition coefficient (Wildman–Crippen LogP) is 1.81. The summed E-state index contributed by atoms with van der Waals surface area (Å²) in [5, 5.41) is 11.4. The van der Waals surface area contributed by atoms with Crippen LogP contribution < -0.4 is 10.1 Å². The molecule has 6 heteroatoms. The predicted molar refractivity (Wildman–Crippen MR) is 80.3 cm³/mol. The highest BCUT2D eigenvalue weighted by Gasteiger charge is 2.16. The van der Waals surface area contributed by atoms with Crippen molar-refractivity contribution in [3.63, 3.8) is 0 Å². The van der Waals surface area contributed by atoms with Crippen molar-refractivity contribution in [1.82, 2.24) is 5.32 Å². The molecule has 1 heterocycles. The van der Waals surface area contributed by atoms with Crippen LogP contribution in [0.1, 0.15) is 25.3 Å². The van der Waals surface area contributed by atoms with Crippen LogP contribution in [-0.2, 0) is 14.3 Å². The van der Waals surface area contributed by atoms with Crippen molar-refractivity contribution in [2.24, 2.45) is 0 Å². The van der Waals surface area contributed by atoms with Gasteiger partial charge in [-0.25, -0.2) is 4.79 Å². The highest BCUT2D eigenvalue weighted by molar-refractivity contribution is 5.96. The summed E-state index contributed by atoms with van der Waals surface area (Å²) in [6.07, 6.45) is 3.55. The standard InChI is InChI=1S/C16H19NO5/c1-11(18)17-15(16(19)20)9-12-4-2-5-13(8-12)22-10-14-6-3-7-21-14/h2,4-5,8-9,14H,3,6-7,10H2,1H3,(H,17,18)(H,19,20)/b15-9-. The van der Waals surface area contributed by atoms with E-state index in [1.807, 2.05) is 0 Å². The molecule has 1 atom stereocenters. The van der Waals surface area contributed by atoms with Crippen molar-refractivity contribution in [3.05, 3.63) is 35.5 Å². The summed E-state index contributed by atoms with van der Waals surface area (Å²) in [5.74, 6) is -0.989. The Morgan fingerprint density at radius 1 is 1.50 bits per heavy atom. The first-order valence-electron chi connectivity index (χ1n) is 7.11. The van der Waals surface area contributed by atoms with Gasteiger partial charge >= 0.3 is 5.97 Å². The number of aliphatic carboxylic acids is 1. The number of carboxylic acid groups (broad SMARTS) is 1. The third-order valence-corrected chi connectivity index (χ3v) is 3.17. The lowest BCUT2D eigenvalue weighted by atomic mass is 10.2. The molecule has 1 amide bonds. The molecular formula is C16H19NO5. The highest BCUT2D eigenvalue weighted by atomic mass is 16.5. The molecule has 0 aliphatic carbocycles. The summed E-state index contributed by atoms with van der Waals surface area (Å²) in [5.41, 5.74) is 0.458. The van der Waals surface area contributed by atoms with E-state index < -0.39 is 11.9 Å². The first-order chi connectivity index (χ1) is 10.5. The minimum Gasteiger partial charge on any atom is -0.491 e. The first kappa shape index (κ1) is 16.0. The van der Waals surface area contributed by atoms with Gasteiger partial charge in [0.1, 0.15) is 18.1 Å². The zero-order valence-electron chi connectivity index (χ0n) is 12.4. The van der Waals surface area contributed by atoms with Gasteiger partial charge in [-0.1, -0.05) is 12.1 Å². The van der Waals surface area contributed by atoms with Gasteiger partial charge in [-0.05, 0) is 36.6 Å². The molecule has 1 aliphatic heterocycles. The Bertz CT molecular complexity index is 576. The van der Waals surface area contributed by atoms with E-state index in [2.05, 4.69) is 5.32 Å². The summed E-state index contributed by atoms with van der Waals surface area (Å²) < 4.78 is 11.1. The van der Waals surface area contributed by atoms with Crippen LogP contribution in [0.2, 0.25) is 0 Å². The second kappa shape index (κ2) is 7.61. The summed E-state index contributed by atoms with van der Waals surface area (Å²) in [6.45, 7) is 2.51. The van der Waals surface area contributed by atoms with Crippen LogP contribution in [-0.4, -0.2) is 36.3 Å². The minimum atomic E-state index is -1.19. The van der Waals surface area contributed by atoms with E-state index in [0.717, 1.165) is 19.4 Å². The number of carbonyl (C=O) groups excluding carboxylic acids is 1. The Hall–Kier alpha value is -2.34. The lowest BCUT2D eigenvalue weighted by molar-refractivity contribution is -0.134. The van der Waals surface area contributed by atoms with Crippen LogP contribution in [0.4, 0.5) is 0 Å². The lowest BCUT2D eigenvalue weighted by Gasteiger charge is -2.12. The van der Waals surface area contributed by atoms with Gasteiger partial charge in [0, 0.05) is 13.5 Å². The number of nitrogens with one attached hydrogen (secondary N) is 1. The van der Waals surface area contributed by atoms with E-state index in [-0.39, 0.29) is 11.8 Å². The number of hydrogen-bond acceptors (Lipinski definition) is 4. The molecule has 1 aromatic carbocycles. The minimum absolute atomic E-state index is 0.119. The molecule has 22 heavy (non-hydrogen) atoms. The fraction of sp³-hybridized carbons (Fsp3) is 0.375. The first-order valence-corrected chi connectivity index (χ1v) is 7.11. The van der Waals surface area contributed by atoms with E-state index in [1.165, 1.54) is 13.0 Å². The number of benzene rings is 1. The Balaban J connectivity index is 2.05. The lowest BCUT2D eigenvalue weighted by Crippen LogP contribution is -2.24. The molecule has 0 radical (unpaired) electrons. The second-order valence-corrected chi connectivity index (χ2v) is 5.06. The third-order valence-electron chi connectivity index (χ3n) is 3.17. The van der Waals surface area contributed by atoms with Gasteiger partial charge in [0.2, 0.25) is 5.91 Å². The maximum atomic E-state index is 11.1. The SMILES string of the molecule is CC(=O)N/C(=C\c1cccc(OCC2CCCO2)c1)C(=O)O. The quantitative estimate of drug-likeness (QED) is 0.783. The summed E-state index contributed by atoms with van der Waals surface area (Å²) in [6, 6.07) is 7.03. The molecule has 1 saturated heterocycles. The molecule has 0 aromatic heterocycles. The van der Waals surface area contributed by atoms with E-state index in [9.17, 15) is 9.59 Å². The van der Waals surface area contributed by atoms with E-state index in [1.54, 1.807) is 24.3 Å². The van der Waals surface area contributed by atoms with Crippen LogP contribution in [0, 0.1) is 0 Å². The molecule has 1 unspecified atom stereocenters. The fourth-order valence-corrected chi connectivity index (χ4v) is 2.17. The van der Waals surface area contributed by atoms with Crippen molar-refractivity contribution >= 4 is 18.0 Å². The van der Waals surface area contributed by atoms with Gasteiger partial charge < -0.3 is 19.9 Å². The number of hydrogen-bond donors (Lipinski definition) is 2. The maximum absolute atomic E-state index is 11.1. The molecule has 1 aliphatic rings. The molecule has 2 rings (SSSR count). The summed E-state index contributed by atoms with van der Waals surface area (Å²) in [4.78, 5) is 22.1. The number of amides is 1. The monoisotopic (exact) mass is 305 g/mol. The number of carbonyl (C=O) groups is 2. The van der Waals surface area contributed by atoms with E-state index in [4.69, 9.17) is 14.6 Å². The molecule has 2 N–H and O–H groups in total. The van der Waals surface area contributed by atoms with Crippen LogP contribution in [0.5, 0.6) is 5.75 Å². The molecule has 118 valence electrons. The molecule has 0 saturated carbocycles. The molecule has 1 aromatic rings. The average molecular weight is 305 g/mol. The second-order valence-electron chi connectivity index (χ2n) is 5.06. The Labute approximate surface area is 128 Å². The number of ether oxygens (including phenoxy) is 2. The normalized spacial score (nSPS) is 18.0. The van der Waals surface area contributed by atoms with Gasteiger partial charge in [-0.3, -0.25) is 4.79 Å². The molecule has 0 spiro atoms. The summed E-state index contributed by atoms with van der Waals surface area (Å²) in [7, 11) is 0.